The number of nitrogens with zero attached hydrogens (tertiary/aromatic N) is 2. The first-order chi connectivity index (χ1) is 19.1. The quantitative estimate of drug-likeness (QED) is 0.467. The van der Waals surface area contributed by atoms with Gasteiger partial charge in [-0.3, -0.25) is 28.9 Å². The van der Waals surface area contributed by atoms with Crippen LogP contribution in [0.2, 0.25) is 0 Å². The fourth-order valence-electron chi connectivity index (χ4n) is 7.40. The first-order valence-corrected chi connectivity index (χ1v) is 13.6. The van der Waals surface area contributed by atoms with Gasteiger partial charge in [-0.15, -0.1) is 0 Å². The van der Waals surface area contributed by atoms with E-state index < -0.39 is 64.4 Å². The van der Waals surface area contributed by atoms with Crippen molar-refractivity contribution < 1.29 is 34.2 Å². The van der Waals surface area contributed by atoms with Gasteiger partial charge in [-0.05, 0) is 63.9 Å². The lowest BCUT2D eigenvalue weighted by atomic mass is 9.52. The summed E-state index contributed by atoms with van der Waals surface area (Å²) in [6, 6.07) is 6.47. The van der Waals surface area contributed by atoms with Crippen LogP contribution in [0.15, 0.2) is 24.3 Å². The Hall–Kier alpha value is -3.89. The molecule has 2 fully saturated rings. The van der Waals surface area contributed by atoms with Gasteiger partial charge in [0.15, 0.2) is 34.7 Å². The molecule has 6 atom stereocenters. The number of hydrogen-bond donors (Lipinski definition) is 3. The fourth-order valence-corrected chi connectivity index (χ4v) is 7.40. The number of ketones is 4. The number of likely N-dealkylation sites (N-methyl/N-ethyl adjacent to an activating group) is 1. The van der Waals surface area contributed by atoms with E-state index in [4.69, 9.17) is 5.73 Å². The van der Waals surface area contributed by atoms with Gasteiger partial charge in [-0.25, -0.2) is 0 Å². The van der Waals surface area contributed by atoms with E-state index in [1.807, 2.05) is 57.1 Å². The summed E-state index contributed by atoms with van der Waals surface area (Å²) in [6.07, 6.45) is 0.219. The molecule has 41 heavy (non-hydrogen) atoms. The Balaban J connectivity index is 1.70. The Morgan fingerprint density at radius 2 is 1.59 bits per heavy atom. The van der Waals surface area contributed by atoms with Crippen LogP contribution in [0.5, 0.6) is 5.75 Å². The molecule has 0 heterocycles. The highest BCUT2D eigenvalue weighted by Crippen LogP contribution is 2.53. The summed E-state index contributed by atoms with van der Waals surface area (Å²) in [5.74, 6) is -10.5. The Morgan fingerprint density at radius 3 is 2.12 bits per heavy atom. The molecule has 1 amide bonds. The van der Waals surface area contributed by atoms with E-state index in [9.17, 15) is 34.2 Å². The van der Waals surface area contributed by atoms with Gasteiger partial charge in [0.05, 0.1) is 17.5 Å². The molecular weight excluding hydrogens is 526 g/mol. The van der Waals surface area contributed by atoms with Gasteiger partial charge in [0.1, 0.15) is 5.75 Å². The van der Waals surface area contributed by atoms with Crippen LogP contribution in [0, 0.1) is 37.5 Å². The molecule has 0 bridgehead atoms. The highest BCUT2D eigenvalue weighted by atomic mass is 16.3. The van der Waals surface area contributed by atoms with E-state index in [-0.39, 0.29) is 24.2 Å². The average molecular weight is 562 g/mol. The Kier molecular flexibility index (Phi) is 6.70. The first-order valence-electron chi connectivity index (χ1n) is 13.6. The number of primary amides is 1. The highest BCUT2D eigenvalue weighted by Gasteiger charge is 2.69. The number of benzene rings is 2. The number of anilines is 1. The van der Waals surface area contributed by atoms with Crippen molar-refractivity contribution in [3.63, 3.8) is 0 Å². The molecule has 5 rings (SSSR count). The van der Waals surface area contributed by atoms with Crippen molar-refractivity contribution in [1.82, 2.24) is 4.90 Å². The molecule has 10 heteroatoms. The van der Waals surface area contributed by atoms with Gasteiger partial charge in [-0.1, -0.05) is 29.3 Å². The van der Waals surface area contributed by atoms with Crippen molar-refractivity contribution in [1.29, 1.82) is 0 Å². The number of rotatable bonds is 4. The molecule has 2 aromatic carbocycles. The predicted molar refractivity (Wildman–Crippen MR) is 151 cm³/mol. The number of carbonyl (C=O) groups is 5. The van der Waals surface area contributed by atoms with Gasteiger partial charge >= 0.3 is 0 Å². The van der Waals surface area contributed by atoms with Gasteiger partial charge in [-0.2, -0.15) is 0 Å². The fraction of sp³-hybridized carbons (Fsp3) is 0.452. The Bertz CT molecular complexity index is 1520. The van der Waals surface area contributed by atoms with Crippen LogP contribution < -0.4 is 10.6 Å². The normalized spacial score (nSPS) is 29.2. The summed E-state index contributed by atoms with van der Waals surface area (Å²) >= 11 is 0. The predicted octanol–water partition coefficient (Wildman–Crippen LogP) is 1.22. The van der Waals surface area contributed by atoms with Crippen molar-refractivity contribution in [2.75, 3.05) is 33.1 Å². The number of nitrogens with two attached hydrogens (primary N) is 1. The molecule has 0 aliphatic heterocycles. The van der Waals surface area contributed by atoms with Crippen LogP contribution in [-0.4, -0.2) is 84.0 Å². The average Bonchev–Trinajstić information content (AvgIpc) is 2.85. The lowest BCUT2D eigenvalue weighted by molar-refractivity contribution is -0.181. The largest absolute Gasteiger partial charge is 0.507 e. The number of fused-ring (bicyclic) bond motifs is 3. The topological polar surface area (TPSA) is 158 Å². The monoisotopic (exact) mass is 561 g/mol. The van der Waals surface area contributed by atoms with E-state index >= 15 is 0 Å². The van der Waals surface area contributed by atoms with Crippen molar-refractivity contribution in [3.8, 4) is 16.9 Å². The first kappa shape index (κ1) is 28.6. The molecule has 3 aliphatic rings. The second-order valence-corrected chi connectivity index (χ2v) is 12.2. The summed E-state index contributed by atoms with van der Waals surface area (Å²) in [6.45, 7) is 3.86. The minimum absolute atomic E-state index is 0.0103. The standard InChI is InChI=1S/C31H35N3O7/c1-13-7-14(2)9-15(8-13)17-12-20(33(3)4)18-10-16-11-19-24(34(5)6)27(37)23(30(32)40)29(39)31(19,41)28(38)21(16)26(36)22(18)25(17)35/h7-9,12,16,19,21,23-24,35,41H,10-11H2,1-6H3,(H2,32,40)/t16?,19?,21?,23?,24-,31-/m0/s1. The zero-order valence-electron chi connectivity index (χ0n) is 24.0. The minimum Gasteiger partial charge on any atom is -0.507 e. The third-order valence-corrected chi connectivity index (χ3v) is 9.05. The zero-order valence-corrected chi connectivity index (χ0v) is 24.0. The highest BCUT2D eigenvalue weighted by molar-refractivity contribution is 6.32. The molecule has 10 nitrogen and oxygen atoms in total. The van der Waals surface area contributed by atoms with Crippen molar-refractivity contribution in [3.05, 3.63) is 46.5 Å². The second-order valence-electron chi connectivity index (χ2n) is 12.2. The van der Waals surface area contributed by atoms with Crippen LogP contribution >= 0.6 is 0 Å². The van der Waals surface area contributed by atoms with E-state index in [0.717, 1.165) is 11.1 Å². The van der Waals surface area contributed by atoms with Gasteiger partial charge in [0.25, 0.3) is 0 Å². The minimum atomic E-state index is -2.75. The molecule has 4 N–H and O–H groups in total. The molecule has 3 aliphatic carbocycles. The number of hydrogen-bond acceptors (Lipinski definition) is 9. The van der Waals surface area contributed by atoms with Crippen LogP contribution in [-0.2, 0) is 25.6 Å². The summed E-state index contributed by atoms with van der Waals surface area (Å²) < 4.78 is 0. The lowest BCUT2D eigenvalue weighted by Gasteiger charge is -2.52. The summed E-state index contributed by atoms with van der Waals surface area (Å²) in [5.41, 5.74) is 6.95. The number of aromatic hydroxyl groups is 1. The second kappa shape index (κ2) is 9.60. The molecule has 2 saturated carbocycles. The van der Waals surface area contributed by atoms with E-state index in [1.54, 1.807) is 14.1 Å². The summed E-state index contributed by atoms with van der Waals surface area (Å²) in [5, 5.41) is 23.3. The van der Waals surface area contributed by atoms with E-state index in [0.29, 0.717) is 22.4 Å². The number of aryl methyl sites for hydroxylation is 2. The Morgan fingerprint density at radius 1 is 0.976 bits per heavy atom. The van der Waals surface area contributed by atoms with Gasteiger partial charge in [0.2, 0.25) is 5.91 Å². The molecule has 0 radical (unpaired) electrons. The summed E-state index contributed by atoms with van der Waals surface area (Å²) in [7, 11) is 6.77. The maximum absolute atomic E-state index is 14.2. The number of amides is 1. The third kappa shape index (κ3) is 4.03. The Labute approximate surface area is 238 Å². The summed E-state index contributed by atoms with van der Waals surface area (Å²) in [4.78, 5) is 70.5. The van der Waals surface area contributed by atoms with Crippen LogP contribution in [0.25, 0.3) is 11.1 Å². The van der Waals surface area contributed by atoms with E-state index in [2.05, 4.69) is 0 Å². The zero-order chi connectivity index (χ0) is 30.3. The molecule has 216 valence electrons. The molecule has 2 aromatic rings. The molecule has 0 aromatic heterocycles. The number of aliphatic hydroxyl groups is 1. The maximum atomic E-state index is 14.2. The van der Waals surface area contributed by atoms with E-state index in [1.165, 1.54) is 4.90 Å². The maximum Gasteiger partial charge on any atom is 0.235 e. The molecule has 4 unspecified atom stereocenters. The van der Waals surface area contributed by atoms with Crippen molar-refractivity contribution >= 4 is 34.7 Å². The van der Waals surface area contributed by atoms with Crippen LogP contribution in [0.1, 0.15) is 33.5 Å². The SMILES string of the molecule is Cc1cc(C)cc(-c2cc(N(C)C)c3c(c2O)C(=O)C2C(=O)[C@]4(O)C(=O)C(C(N)=O)C(=O)[C@@H](N(C)C)C4CC2C3)c1. The van der Waals surface area contributed by atoms with Crippen LogP contribution in [0.3, 0.4) is 0 Å². The van der Waals surface area contributed by atoms with Gasteiger partial charge in [0, 0.05) is 31.3 Å². The molecule has 0 saturated heterocycles. The number of phenols is 1. The van der Waals surface area contributed by atoms with Gasteiger partial charge < -0.3 is 20.8 Å². The molecule has 0 spiro atoms. The van der Waals surface area contributed by atoms with Crippen LogP contribution in [0.4, 0.5) is 5.69 Å². The smallest absolute Gasteiger partial charge is 0.235 e. The number of carbonyl (C=O) groups excluding carboxylic acids is 5. The number of Topliss-reactive ketones (excluding diaryl/α,β-unsaturated/α-hetero) is 4. The number of phenolic OH excluding ortho intramolecular Hbond substituents is 1. The third-order valence-electron chi connectivity index (χ3n) is 9.05. The lowest BCUT2D eigenvalue weighted by Crippen LogP contribution is -2.74. The van der Waals surface area contributed by atoms with Crippen molar-refractivity contribution in [2.24, 2.45) is 29.4 Å². The molecular formula is C31H35N3O7. The van der Waals surface area contributed by atoms with Crippen molar-refractivity contribution in [2.45, 2.75) is 38.3 Å².